The Hall–Kier alpha value is -4.38. The molecule has 1 atom stereocenters. The van der Waals surface area contributed by atoms with Crippen molar-refractivity contribution in [2.75, 3.05) is 23.5 Å². The van der Waals surface area contributed by atoms with E-state index < -0.39 is 17.8 Å². The highest BCUT2D eigenvalue weighted by Crippen LogP contribution is 2.44. The largest absolute Gasteiger partial charge is 0.465 e. The Morgan fingerprint density at radius 2 is 1.71 bits per heavy atom. The van der Waals surface area contributed by atoms with Crippen LogP contribution in [0, 0.1) is 11.3 Å². The van der Waals surface area contributed by atoms with Gasteiger partial charge in [-0.25, -0.2) is 4.79 Å². The standard InChI is InChI=1S/C38H38ClN3O5S2/c1-38(2,3)25-17-18-28-31(20-25)49-36(33(28)37(46)47-4)42-32(43)22-48-27-15-10-14-26(21-27)40-35(45)30(19-24-13-8-9-16-29(24)39)41-34(44)23-11-6-5-7-12-23/h5-16,19,21,25H,17-18,20,22H2,1-4H3,(H,40,45)(H,41,44)(H,42,43)/b30-19+. The Morgan fingerprint density at radius 3 is 2.43 bits per heavy atom. The van der Waals surface area contributed by atoms with Gasteiger partial charge in [0.1, 0.15) is 10.7 Å². The van der Waals surface area contributed by atoms with Crippen LogP contribution in [0.1, 0.15) is 63.9 Å². The number of rotatable bonds is 10. The smallest absolute Gasteiger partial charge is 0.341 e. The van der Waals surface area contributed by atoms with Crippen LogP contribution in [0.25, 0.3) is 6.08 Å². The van der Waals surface area contributed by atoms with E-state index in [0.29, 0.717) is 38.3 Å². The fraction of sp³-hybridized carbons (Fsp3) is 0.263. The number of ether oxygens (including phenoxy) is 1. The van der Waals surface area contributed by atoms with Crippen molar-refractivity contribution in [2.24, 2.45) is 11.3 Å². The van der Waals surface area contributed by atoms with Gasteiger partial charge < -0.3 is 20.7 Å². The molecule has 1 aliphatic rings. The summed E-state index contributed by atoms with van der Waals surface area (Å²) in [5.74, 6) is -1.13. The highest BCUT2D eigenvalue weighted by atomic mass is 35.5. The van der Waals surface area contributed by atoms with Crippen LogP contribution >= 0.6 is 34.7 Å². The Balaban J connectivity index is 1.27. The normalized spacial score (nSPS) is 14.4. The van der Waals surface area contributed by atoms with Crippen molar-refractivity contribution in [3.8, 4) is 0 Å². The number of hydrogen-bond acceptors (Lipinski definition) is 7. The van der Waals surface area contributed by atoms with Gasteiger partial charge >= 0.3 is 5.97 Å². The van der Waals surface area contributed by atoms with E-state index >= 15 is 0 Å². The van der Waals surface area contributed by atoms with Crippen LogP contribution in [0.3, 0.4) is 0 Å². The molecule has 1 aromatic heterocycles. The van der Waals surface area contributed by atoms with E-state index in [-0.39, 0.29) is 22.8 Å². The van der Waals surface area contributed by atoms with Crippen molar-refractivity contribution in [1.29, 1.82) is 0 Å². The van der Waals surface area contributed by atoms with Gasteiger partial charge in [-0.15, -0.1) is 23.1 Å². The summed E-state index contributed by atoms with van der Waals surface area (Å²) in [5.41, 5.74) is 3.02. The molecule has 0 saturated carbocycles. The van der Waals surface area contributed by atoms with Crippen LogP contribution in [0.4, 0.5) is 10.7 Å². The SMILES string of the molecule is COC(=O)c1c(NC(=O)CSc2cccc(NC(=O)/C(=C\c3ccccc3Cl)NC(=O)c3ccccc3)c2)sc2c1CCC(C(C)(C)C)C2. The summed E-state index contributed by atoms with van der Waals surface area (Å²) >= 11 is 9.10. The molecule has 3 amide bonds. The number of hydrogen-bond donors (Lipinski definition) is 3. The Morgan fingerprint density at radius 1 is 0.980 bits per heavy atom. The van der Waals surface area contributed by atoms with Gasteiger partial charge in [0, 0.05) is 26.0 Å². The number of fused-ring (bicyclic) bond motifs is 1. The molecule has 1 heterocycles. The molecule has 3 N–H and O–H groups in total. The van der Waals surface area contributed by atoms with Crippen molar-refractivity contribution in [3.05, 3.63) is 117 Å². The van der Waals surface area contributed by atoms with Crippen molar-refractivity contribution in [1.82, 2.24) is 5.32 Å². The van der Waals surface area contributed by atoms with Crippen LogP contribution < -0.4 is 16.0 Å². The molecule has 0 spiro atoms. The Labute approximate surface area is 299 Å². The lowest BCUT2D eigenvalue weighted by Gasteiger charge is -2.33. The van der Waals surface area contributed by atoms with Crippen molar-refractivity contribution < 1.29 is 23.9 Å². The zero-order valence-corrected chi connectivity index (χ0v) is 30.1. The van der Waals surface area contributed by atoms with E-state index in [1.807, 2.05) is 6.07 Å². The number of thiophene rings is 1. The topological polar surface area (TPSA) is 114 Å². The number of thioether (sulfide) groups is 1. The molecule has 49 heavy (non-hydrogen) atoms. The Bertz CT molecular complexity index is 1900. The van der Waals surface area contributed by atoms with Gasteiger partial charge in [0.2, 0.25) is 5.91 Å². The maximum atomic E-state index is 13.5. The number of esters is 1. The first-order chi connectivity index (χ1) is 23.4. The maximum absolute atomic E-state index is 13.5. The number of carbonyl (C=O) groups is 4. The molecule has 0 radical (unpaired) electrons. The minimum atomic E-state index is -0.546. The molecule has 0 saturated heterocycles. The molecule has 1 unspecified atom stereocenters. The molecule has 3 aromatic carbocycles. The highest BCUT2D eigenvalue weighted by Gasteiger charge is 2.34. The van der Waals surface area contributed by atoms with E-state index in [1.54, 1.807) is 72.8 Å². The van der Waals surface area contributed by atoms with E-state index in [4.69, 9.17) is 16.3 Å². The minimum absolute atomic E-state index is 0.00765. The third-order valence-corrected chi connectivity index (χ3v) is 10.8. The van der Waals surface area contributed by atoms with E-state index in [1.165, 1.54) is 36.3 Å². The van der Waals surface area contributed by atoms with E-state index in [2.05, 4.69) is 36.7 Å². The average molecular weight is 716 g/mol. The van der Waals surface area contributed by atoms with Crippen LogP contribution in [0.15, 0.2) is 89.5 Å². The highest BCUT2D eigenvalue weighted by molar-refractivity contribution is 8.00. The van der Waals surface area contributed by atoms with Gasteiger partial charge in [-0.2, -0.15) is 0 Å². The molecule has 0 fully saturated rings. The number of benzene rings is 3. The third kappa shape index (κ3) is 9.20. The summed E-state index contributed by atoms with van der Waals surface area (Å²) in [6.07, 6.45) is 4.13. The number of carbonyl (C=O) groups excluding carboxylic acids is 4. The molecule has 11 heteroatoms. The predicted octanol–water partition coefficient (Wildman–Crippen LogP) is 8.48. The molecular weight excluding hydrogens is 678 g/mol. The van der Waals surface area contributed by atoms with Gasteiger partial charge in [0.15, 0.2) is 0 Å². The molecule has 1 aliphatic carbocycles. The van der Waals surface area contributed by atoms with E-state index in [9.17, 15) is 19.2 Å². The van der Waals surface area contributed by atoms with Crippen molar-refractivity contribution in [2.45, 2.75) is 44.9 Å². The number of halogens is 1. The summed E-state index contributed by atoms with van der Waals surface area (Å²) in [6, 6.07) is 22.7. The van der Waals surface area contributed by atoms with Gasteiger partial charge in [0.05, 0.1) is 18.4 Å². The summed E-state index contributed by atoms with van der Waals surface area (Å²) in [7, 11) is 1.35. The lowest BCUT2D eigenvalue weighted by molar-refractivity contribution is -0.114. The van der Waals surface area contributed by atoms with Crippen molar-refractivity contribution in [3.63, 3.8) is 0 Å². The third-order valence-electron chi connectivity index (χ3n) is 8.33. The number of amides is 3. The number of anilines is 2. The maximum Gasteiger partial charge on any atom is 0.341 e. The molecule has 254 valence electrons. The summed E-state index contributed by atoms with van der Waals surface area (Å²) in [4.78, 5) is 54.3. The Kier molecular flexibility index (Phi) is 11.6. The van der Waals surface area contributed by atoms with Gasteiger partial charge in [-0.05, 0) is 84.2 Å². The molecule has 5 rings (SSSR count). The van der Waals surface area contributed by atoms with Gasteiger partial charge in [-0.1, -0.05) is 74.8 Å². The van der Waals surface area contributed by atoms with Crippen molar-refractivity contribution >= 4 is 75.2 Å². The molecule has 0 bridgehead atoms. The van der Waals surface area contributed by atoms with Crippen LogP contribution in [0.5, 0.6) is 0 Å². The fourth-order valence-corrected chi connectivity index (χ4v) is 7.87. The summed E-state index contributed by atoms with van der Waals surface area (Å²) < 4.78 is 5.09. The number of nitrogens with one attached hydrogen (secondary N) is 3. The second kappa shape index (κ2) is 15.9. The molecule has 8 nitrogen and oxygen atoms in total. The molecule has 4 aromatic rings. The predicted molar refractivity (Wildman–Crippen MR) is 198 cm³/mol. The van der Waals surface area contributed by atoms with Crippen LogP contribution in [-0.2, 0) is 27.2 Å². The summed E-state index contributed by atoms with van der Waals surface area (Å²) in [6.45, 7) is 6.70. The zero-order valence-electron chi connectivity index (χ0n) is 27.7. The van der Waals surface area contributed by atoms with Crippen LogP contribution in [0.2, 0.25) is 5.02 Å². The van der Waals surface area contributed by atoms with Gasteiger partial charge in [0.25, 0.3) is 11.8 Å². The average Bonchev–Trinajstić information content (AvgIpc) is 3.44. The van der Waals surface area contributed by atoms with Crippen LogP contribution in [-0.4, -0.2) is 36.6 Å². The zero-order chi connectivity index (χ0) is 35.1. The lowest BCUT2D eigenvalue weighted by Crippen LogP contribution is -2.30. The first-order valence-electron chi connectivity index (χ1n) is 15.8. The monoisotopic (exact) mass is 715 g/mol. The first-order valence-corrected chi connectivity index (χ1v) is 18.0. The number of methoxy groups -OCH3 is 1. The molecule has 0 aliphatic heterocycles. The van der Waals surface area contributed by atoms with E-state index in [0.717, 1.165) is 34.6 Å². The second-order valence-electron chi connectivity index (χ2n) is 12.7. The quantitative estimate of drug-likeness (QED) is 0.0863. The molecular formula is C38H38ClN3O5S2. The lowest BCUT2D eigenvalue weighted by atomic mass is 9.72. The first kappa shape index (κ1) is 35.9. The minimum Gasteiger partial charge on any atom is -0.465 e. The fourth-order valence-electron chi connectivity index (χ4n) is 5.59. The second-order valence-corrected chi connectivity index (χ2v) is 15.3. The van der Waals surface area contributed by atoms with Gasteiger partial charge in [-0.3, -0.25) is 14.4 Å². The summed E-state index contributed by atoms with van der Waals surface area (Å²) in [5, 5.41) is 9.46.